The normalized spacial score (nSPS) is 11.5. The predicted octanol–water partition coefficient (Wildman–Crippen LogP) is 5.77. The number of aromatic nitrogens is 3. The average Bonchev–Trinajstić information content (AvgIpc) is 3.07. The lowest BCUT2D eigenvalue weighted by Gasteiger charge is -2.05. The van der Waals surface area contributed by atoms with E-state index in [4.69, 9.17) is 5.73 Å². The Bertz CT molecular complexity index is 1160. The summed E-state index contributed by atoms with van der Waals surface area (Å²) in [6, 6.07) is 17.6. The number of azo groups is 1. The van der Waals surface area contributed by atoms with Crippen LogP contribution in [0.25, 0.3) is 16.9 Å². The summed E-state index contributed by atoms with van der Waals surface area (Å²) in [7, 11) is 0. The molecule has 6 nitrogen and oxygen atoms in total. The summed E-state index contributed by atoms with van der Waals surface area (Å²) in [5.74, 6) is 0.415. The number of rotatable bonds is 3. The molecule has 0 saturated heterocycles. The zero-order valence-electron chi connectivity index (χ0n) is 14.9. The zero-order valence-corrected chi connectivity index (χ0v) is 16.5. The van der Waals surface area contributed by atoms with Gasteiger partial charge in [0.15, 0.2) is 11.5 Å². The van der Waals surface area contributed by atoms with Crippen LogP contribution in [0.5, 0.6) is 0 Å². The lowest BCUT2D eigenvalue weighted by Crippen LogP contribution is -2.02. The third kappa shape index (κ3) is 3.33. The second kappa shape index (κ2) is 6.92. The molecular weight excluding hydrogens is 404 g/mol. The van der Waals surface area contributed by atoms with Crippen LogP contribution in [0.15, 0.2) is 69.3 Å². The van der Waals surface area contributed by atoms with Crippen molar-refractivity contribution in [2.24, 2.45) is 10.2 Å². The van der Waals surface area contributed by atoms with Gasteiger partial charge < -0.3 is 5.73 Å². The second-order valence-corrected chi connectivity index (χ2v) is 7.14. The third-order valence-electron chi connectivity index (χ3n) is 4.30. The molecule has 4 rings (SSSR count). The van der Waals surface area contributed by atoms with Crippen molar-refractivity contribution >= 4 is 38.8 Å². The SMILES string of the molecule is Cc1ccccc1N=Nc1c(C)nc2cc(-c3ccc(Br)cc3)nn2c1N. The van der Waals surface area contributed by atoms with Crippen LogP contribution in [0.4, 0.5) is 17.2 Å². The molecule has 0 unspecified atom stereocenters. The first-order valence-corrected chi connectivity index (χ1v) is 9.21. The van der Waals surface area contributed by atoms with Gasteiger partial charge in [-0.15, -0.1) is 5.11 Å². The molecule has 0 aliphatic rings. The fourth-order valence-electron chi connectivity index (χ4n) is 2.80. The number of anilines is 1. The van der Waals surface area contributed by atoms with Crippen molar-refractivity contribution in [3.8, 4) is 11.3 Å². The third-order valence-corrected chi connectivity index (χ3v) is 4.83. The largest absolute Gasteiger partial charge is 0.382 e. The second-order valence-electron chi connectivity index (χ2n) is 6.22. The highest BCUT2D eigenvalue weighted by molar-refractivity contribution is 9.10. The van der Waals surface area contributed by atoms with Crippen molar-refractivity contribution in [2.45, 2.75) is 13.8 Å². The first-order chi connectivity index (χ1) is 13.0. The van der Waals surface area contributed by atoms with Crippen LogP contribution in [0.2, 0.25) is 0 Å². The van der Waals surface area contributed by atoms with E-state index < -0.39 is 0 Å². The van der Waals surface area contributed by atoms with Crippen molar-refractivity contribution in [1.29, 1.82) is 0 Å². The number of benzene rings is 2. The minimum atomic E-state index is 0.415. The van der Waals surface area contributed by atoms with Gasteiger partial charge in [0.25, 0.3) is 0 Å². The van der Waals surface area contributed by atoms with Crippen LogP contribution in [0, 0.1) is 13.8 Å². The van der Waals surface area contributed by atoms with Crippen molar-refractivity contribution < 1.29 is 0 Å². The van der Waals surface area contributed by atoms with Crippen LogP contribution < -0.4 is 5.73 Å². The summed E-state index contributed by atoms with van der Waals surface area (Å²) in [6.07, 6.45) is 0. The molecule has 0 radical (unpaired) electrons. The topological polar surface area (TPSA) is 80.9 Å². The Hall–Kier alpha value is -3.06. The molecule has 2 N–H and O–H groups in total. The van der Waals surface area contributed by atoms with E-state index in [1.54, 1.807) is 4.52 Å². The van der Waals surface area contributed by atoms with Crippen molar-refractivity contribution in [3.63, 3.8) is 0 Å². The van der Waals surface area contributed by atoms with E-state index in [-0.39, 0.29) is 0 Å². The van der Waals surface area contributed by atoms with E-state index >= 15 is 0 Å². The van der Waals surface area contributed by atoms with Gasteiger partial charge in [-0.3, -0.25) is 0 Å². The number of halogens is 1. The summed E-state index contributed by atoms with van der Waals surface area (Å²) < 4.78 is 2.62. The molecule has 0 fully saturated rings. The summed E-state index contributed by atoms with van der Waals surface area (Å²) in [5.41, 5.74) is 11.9. The smallest absolute Gasteiger partial charge is 0.158 e. The molecule has 4 aromatic rings. The van der Waals surface area contributed by atoms with Gasteiger partial charge in [-0.2, -0.15) is 14.7 Å². The number of hydrogen-bond acceptors (Lipinski definition) is 5. The molecule has 2 heterocycles. The van der Waals surface area contributed by atoms with Gasteiger partial charge in [-0.1, -0.05) is 46.3 Å². The summed E-state index contributed by atoms with van der Waals surface area (Å²) in [5, 5.41) is 13.3. The molecule has 0 aliphatic carbocycles. The van der Waals surface area contributed by atoms with E-state index in [1.165, 1.54) is 0 Å². The molecule has 0 amide bonds. The monoisotopic (exact) mass is 420 g/mol. The molecule has 134 valence electrons. The van der Waals surface area contributed by atoms with Gasteiger partial charge in [0.2, 0.25) is 0 Å². The molecule has 2 aromatic carbocycles. The number of aryl methyl sites for hydroxylation is 2. The van der Waals surface area contributed by atoms with Gasteiger partial charge >= 0.3 is 0 Å². The lowest BCUT2D eigenvalue weighted by atomic mass is 10.2. The predicted molar refractivity (Wildman–Crippen MR) is 111 cm³/mol. The Kier molecular flexibility index (Phi) is 4.45. The molecule has 27 heavy (non-hydrogen) atoms. The standard InChI is InChI=1S/C20H17BrN6/c1-12-5-3-4-6-16(12)24-25-19-13(2)23-18-11-17(26-27(18)20(19)22)14-7-9-15(21)10-8-14/h3-11H,22H2,1-2H3. The molecule has 0 bridgehead atoms. The lowest BCUT2D eigenvalue weighted by molar-refractivity contribution is 0.940. The Morgan fingerprint density at radius 1 is 1.00 bits per heavy atom. The molecule has 0 aliphatic heterocycles. The molecule has 2 aromatic heterocycles. The highest BCUT2D eigenvalue weighted by atomic mass is 79.9. The van der Waals surface area contributed by atoms with E-state index in [9.17, 15) is 0 Å². The Labute approximate surface area is 164 Å². The van der Waals surface area contributed by atoms with E-state index in [0.29, 0.717) is 22.8 Å². The fourth-order valence-corrected chi connectivity index (χ4v) is 3.07. The van der Waals surface area contributed by atoms with Gasteiger partial charge in [0, 0.05) is 16.1 Å². The van der Waals surface area contributed by atoms with Gasteiger partial charge in [-0.05, 0) is 37.6 Å². The van der Waals surface area contributed by atoms with Crippen LogP contribution in [-0.4, -0.2) is 14.6 Å². The highest BCUT2D eigenvalue weighted by Crippen LogP contribution is 2.30. The minimum absolute atomic E-state index is 0.415. The zero-order chi connectivity index (χ0) is 19.0. The molecule has 0 spiro atoms. The number of nitrogen functional groups attached to an aromatic ring is 1. The van der Waals surface area contributed by atoms with Gasteiger partial charge in [0.05, 0.1) is 17.1 Å². The van der Waals surface area contributed by atoms with Crippen LogP contribution in [0.3, 0.4) is 0 Å². The van der Waals surface area contributed by atoms with Crippen molar-refractivity contribution in [3.05, 3.63) is 70.3 Å². The minimum Gasteiger partial charge on any atom is -0.382 e. The van der Waals surface area contributed by atoms with E-state index in [2.05, 4.69) is 36.2 Å². The number of nitrogens with two attached hydrogens (primary N) is 1. The number of fused-ring (bicyclic) bond motifs is 1. The van der Waals surface area contributed by atoms with E-state index in [1.807, 2.05) is 68.4 Å². The average molecular weight is 421 g/mol. The maximum atomic E-state index is 6.34. The first-order valence-electron chi connectivity index (χ1n) is 8.42. The van der Waals surface area contributed by atoms with Crippen molar-refractivity contribution in [2.75, 3.05) is 5.73 Å². The van der Waals surface area contributed by atoms with E-state index in [0.717, 1.165) is 27.0 Å². The molecule has 7 heteroatoms. The Morgan fingerprint density at radius 3 is 2.48 bits per heavy atom. The number of hydrogen-bond donors (Lipinski definition) is 1. The fraction of sp³-hybridized carbons (Fsp3) is 0.100. The quantitative estimate of drug-likeness (QED) is 0.426. The maximum absolute atomic E-state index is 6.34. The first kappa shape index (κ1) is 17.4. The van der Waals surface area contributed by atoms with Crippen LogP contribution in [-0.2, 0) is 0 Å². The summed E-state index contributed by atoms with van der Waals surface area (Å²) in [4.78, 5) is 4.59. The van der Waals surface area contributed by atoms with Gasteiger partial charge in [-0.25, -0.2) is 4.98 Å². The maximum Gasteiger partial charge on any atom is 0.158 e. The van der Waals surface area contributed by atoms with Crippen molar-refractivity contribution in [1.82, 2.24) is 14.6 Å². The summed E-state index contributed by atoms with van der Waals surface area (Å²) >= 11 is 3.44. The Morgan fingerprint density at radius 2 is 1.74 bits per heavy atom. The Balaban J connectivity index is 1.79. The molecule has 0 atom stereocenters. The molecule has 0 saturated carbocycles. The van der Waals surface area contributed by atoms with Crippen LogP contribution in [0.1, 0.15) is 11.3 Å². The molecular formula is C20H17BrN6. The number of nitrogens with zero attached hydrogens (tertiary/aromatic N) is 5. The van der Waals surface area contributed by atoms with Gasteiger partial charge in [0.1, 0.15) is 5.69 Å². The summed E-state index contributed by atoms with van der Waals surface area (Å²) in [6.45, 7) is 3.86. The van der Waals surface area contributed by atoms with Crippen LogP contribution >= 0.6 is 15.9 Å². The highest BCUT2D eigenvalue weighted by Gasteiger charge is 2.14.